The van der Waals surface area contributed by atoms with Gasteiger partial charge in [0.2, 0.25) is 0 Å². The van der Waals surface area contributed by atoms with Crippen LogP contribution in [0.25, 0.3) is 0 Å². The lowest BCUT2D eigenvalue weighted by atomic mass is 10.2. The zero-order chi connectivity index (χ0) is 14.2. The molecule has 0 aliphatic rings. The molecule has 0 aromatic heterocycles. The predicted octanol–water partition coefficient (Wildman–Crippen LogP) is 3.22. The van der Waals surface area contributed by atoms with Gasteiger partial charge in [-0.1, -0.05) is 30.3 Å². The van der Waals surface area contributed by atoms with Crippen molar-refractivity contribution in [1.29, 1.82) is 0 Å². The average molecular weight is 308 g/mol. The molecule has 5 nitrogen and oxygen atoms in total. The second-order valence-corrected chi connectivity index (χ2v) is 4.39. The standard InChI is InChI=1S/C15H17N3O2.ClH/c19-18(20)15-8-6-14(7-9-15)17-11-10-16-12-13-4-2-1-3-5-13;/h1-9,16-17H,10-12H2;1H. The molecule has 0 aliphatic heterocycles. The number of halogens is 1. The van der Waals surface area contributed by atoms with Crippen molar-refractivity contribution in [2.24, 2.45) is 0 Å². The summed E-state index contributed by atoms with van der Waals surface area (Å²) in [5.74, 6) is 0. The van der Waals surface area contributed by atoms with Gasteiger partial charge >= 0.3 is 0 Å². The Labute approximate surface area is 129 Å². The Bertz CT molecular complexity index is 547. The van der Waals surface area contributed by atoms with Gasteiger partial charge < -0.3 is 10.6 Å². The molecule has 0 heterocycles. The van der Waals surface area contributed by atoms with Crippen LogP contribution in [0.3, 0.4) is 0 Å². The molecular formula is C15H18ClN3O2. The third-order valence-electron chi connectivity index (χ3n) is 2.88. The summed E-state index contributed by atoms with van der Waals surface area (Å²) in [6, 6.07) is 16.6. The molecule has 0 spiro atoms. The number of benzene rings is 2. The van der Waals surface area contributed by atoms with E-state index >= 15 is 0 Å². The number of non-ortho nitro benzene ring substituents is 1. The zero-order valence-electron chi connectivity index (χ0n) is 11.5. The van der Waals surface area contributed by atoms with Gasteiger partial charge in [0.05, 0.1) is 4.92 Å². The van der Waals surface area contributed by atoms with E-state index in [4.69, 9.17) is 0 Å². The van der Waals surface area contributed by atoms with Gasteiger partial charge in [-0.3, -0.25) is 10.1 Å². The minimum atomic E-state index is -0.398. The van der Waals surface area contributed by atoms with Gasteiger partial charge in [-0.25, -0.2) is 0 Å². The summed E-state index contributed by atoms with van der Waals surface area (Å²) in [5.41, 5.74) is 2.25. The van der Waals surface area contributed by atoms with Crippen molar-refractivity contribution in [3.63, 3.8) is 0 Å². The first-order chi connectivity index (χ1) is 9.75. The molecule has 0 atom stereocenters. The molecule has 0 aliphatic carbocycles. The first kappa shape index (κ1) is 16.9. The Balaban J connectivity index is 0.00000220. The van der Waals surface area contributed by atoms with Crippen LogP contribution in [-0.2, 0) is 6.54 Å². The SMILES string of the molecule is Cl.O=[N+]([O-])c1ccc(NCCNCc2ccccc2)cc1. The molecule has 2 N–H and O–H groups in total. The fourth-order valence-electron chi connectivity index (χ4n) is 1.82. The highest BCUT2D eigenvalue weighted by atomic mass is 35.5. The second-order valence-electron chi connectivity index (χ2n) is 4.39. The highest BCUT2D eigenvalue weighted by molar-refractivity contribution is 5.85. The Hall–Kier alpha value is -2.11. The molecule has 2 rings (SSSR count). The van der Waals surface area contributed by atoms with E-state index < -0.39 is 4.92 Å². The maximum atomic E-state index is 10.5. The molecular weight excluding hydrogens is 290 g/mol. The van der Waals surface area contributed by atoms with Crippen LogP contribution in [0.2, 0.25) is 0 Å². The van der Waals surface area contributed by atoms with Crippen LogP contribution in [0.4, 0.5) is 11.4 Å². The van der Waals surface area contributed by atoms with Crippen LogP contribution >= 0.6 is 12.4 Å². The fraction of sp³-hybridized carbons (Fsp3) is 0.200. The van der Waals surface area contributed by atoms with Crippen LogP contribution in [0, 0.1) is 10.1 Å². The maximum Gasteiger partial charge on any atom is 0.269 e. The summed E-state index contributed by atoms with van der Waals surface area (Å²) >= 11 is 0. The number of nitrogens with zero attached hydrogens (tertiary/aromatic N) is 1. The van der Waals surface area contributed by atoms with Crippen LogP contribution in [0.1, 0.15) is 5.56 Å². The lowest BCUT2D eigenvalue weighted by molar-refractivity contribution is -0.384. The lowest BCUT2D eigenvalue weighted by Gasteiger charge is -2.07. The van der Waals surface area contributed by atoms with E-state index in [1.165, 1.54) is 17.7 Å². The van der Waals surface area contributed by atoms with Crippen molar-refractivity contribution >= 4 is 23.8 Å². The van der Waals surface area contributed by atoms with Gasteiger partial charge in [0.15, 0.2) is 0 Å². The predicted molar refractivity (Wildman–Crippen MR) is 87.0 cm³/mol. The van der Waals surface area contributed by atoms with Crippen molar-refractivity contribution in [3.05, 3.63) is 70.3 Å². The maximum absolute atomic E-state index is 10.5. The summed E-state index contributed by atoms with van der Waals surface area (Å²) in [4.78, 5) is 10.1. The number of nitro groups is 1. The minimum absolute atomic E-state index is 0. The molecule has 2 aromatic rings. The summed E-state index contributed by atoms with van der Waals surface area (Å²) in [6.07, 6.45) is 0. The van der Waals surface area contributed by atoms with Crippen molar-refractivity contribution in [2.45, 2.75) is 6.54 Å². The van der Waals surface area contributed by atoms with Crippen molar-refractivity contribution < 1.29 is 4.92 Å². The average Bonchev–Trinajstić information content (AvgIpc) is 2.48. The van der Waals surface area contributed by atoms with E-state index in [0.717, 1.165) is 25.3 Å². The molecule has 0 amide bonds. The molecule has 0 saturated carbocycles. The molecule has 2 aromatic carbocycles. The van der Waals surface area contributed by atoms with E-state index in [-0.39, 0.29) is 18.1 Å². The number of nitro benzene ring substituents is 1. The number of nitrogens with one attached hydrogen (secondary N) is 2. The summed E-state index contributed by atoms with van der Waals surface area (Å²) in [7, 11) is 0. The Kier molecular flexibility index (Phi) is 7.21. The smallest absolute Gasteiger partial charge is 0.269 e. The van der Waals surface area contributed by atoms with E-state index in [2.05, 4.69) is 22.8 Å². The largest absolute Gasteiger partial charge is 0.384 e. The Morgan fingerprint density at radius 1 is 0.952 bits per heavy atom. The fourth-order valence-corrected chi connectivity index (χ4v) is 1.82. The van der Waals surface area contributed by atoms with Gasteiger partial charge in [0.1, 0.15) is 0 Å². The molecule has 0 saturated heterocycles. The molecule has 0 bridgehead atoms. The zero-order valence-corrected chi connectivity index (χ0v) is 12.3. The van der Waals surface area contributed by atoms with Crippen molar-refractivity contribution in [1.82, 2.24) is 5.32 Å². The summed E-state index contributed by atoms with van der Waals surface area (Å²) in [6.45, 7) is 2.43. The molecule has 0 unspecified atom stereocenters. The minimum Gasteiger partial charge on any atom is -0.384 e. The highest BCUT2D eigenvalue weighted by Gasteiger charge is 2.02. The number of rotatable bonds is 7. The van der Waals surface area contributed by atoms with Crippen molar-refractivity contribution in [2.75, 3.05) is 18.4 Å². The monoisotopic (exact) mass is 307 g/mol. The molecule has 6 heteroatoms. The van der Waals surface area contributed by atoms with Crippen LogP contribution < -0.4 is 10.6 Å². The van der Waals surface area contributed by atoms with Gasteiger partial charge in [-0.05, 0) is 17.7 Å². The quantitative estimate of drug-likeness (QED) is 0.468. The summed E-state index contributed by atoms with van der Waals surface area (Å²) < 4.78 is 0. The first-order valence-corrected chi connectivity index (χ1v) is 6.49. The van der Waals surface area contributed by atoms with Crippen molar-refractivity contribution in [3.8, 4) is 0 Å². The second kappa shape index (κ2) is 8.94. The topological polar surface area (TPSA) is 67.2 Å². The number of anilines is 1. The van der Waals surface area contributed by atoms with Gasteiger partial charge in [-0.15, -0.1) is 12.4 Å². The number of hydrogen-bond donors (Lipinski definition) is 2. The van der Waals surface area contributed by atoms with Crippen LogP contribution in [0.15, 0.2) is 54.6 Å². The van der Waals surface area contributed by atoms with Gasteiger partial charge in [0, 0.05) is 37.5 Å². The van der Waals surface area contributed by atoms with Gasteiger partial charge in [0.25, 0.3) is 5.69 Å². The lowest BCUT2D eigenvalue weighted by Crippen LogP contribution is -2.21. The normalized spacial score (nSPS) is 9.71. The third-order valence-corrected chi connectivity index (χ3v) is 2.88. The van der Waals surface area contributed by atoms with E-state index in [9.17, 15) is 10.1 Å². The molecule has 0 fully saturated rings. The Morgan fingerprint density at radius 2 is 1.62 bits per heavy atom. The third kappa shape index (κ3) is 5.81. The van der Waals surface area contributed by atoms with E-state index in [1.54, 1.807) is 12.1 Å². The van der Waals surface area contributed by atoms with Gasteiger partial charge in [-0.2, -0.15) is 0 Å². The molecule has 112 valence electrons. The van der Waals surface area contributed by atoms with Crippen LogP contribution in [-0.4, -0.2) is 18.0 Å². The molecule has 21 heavy (non-hydrogen) atoms. The molecule has 0 radical (unpaired) electrons. The summed E-state index contributed by atoms with van der Waals surface area (Å²) in [5, 5.41) is 17.1. The number of hydrogen-bond acceptors (Lipinski definition) is 4. The van der Waals surface area contributed by atoms with Crippen LogP contribution in [0.5, 0.6) is 0 Å². The Morgan fingerprint density at radius 3 is 2.24 bits per heavy atom. The van der Waals surface area contributed by atoms with E-state index in [1.807, 2.05) is 18.2 Å². The highest BCUT2D eigenvalue weighted by Crippen LogP contribution is 2.14. The van der Waals surface area contributed by atoms with E-state index in [0.29, 0.717) is 0 Å². The first-order valence-electron chi connectivity index (χ1n) is 6.49.